The van der Waals surface area contributed by atoms with Crippen LogP contribution in [0.5, 0.6) is 0 Å². The molecule has 0 bridgehead atoms. The summed E-state index contributed by atoms with van der Waals surface area (Å²) in [5, 5.41) is 9.63. The molecule has 0 atom stereocenters. The van der Waals surface area contributed by atoms with E-state index in [1.807, 2.05) is 36.2 Å². The molecule has 2 aromatic rings. The van der Waals surface area contributed by atoms with Gasteiger partial charge in [-0.25, -0.2) is 4.98 Å². The first-order chi connectivity index (χ1) is 11.7. The van der Waals surface area contributed by atoms with E-state index >= 15 is 0 Å². The SMILES string of the molecule is C#Cc1c(N(CC=C)/N=C(/C)Cc2ccccc2)ccnc1NC. The predicted octanol–water partition coefficient (Wildman–Crippen LogP) is 3.72. The molecule has 0 aliphatic heterocycles. The third-order valence-electron chi connectivity index (χ3n) is 3.48. The van der Waals surface area contributed by atoms with Crippen LogP contribution in [0.2, 0.25) is 0 Å². The van der Waals surface area contributed by atoms with Crippen LogP contribution >= 0.6 is 0 Å². The molecule has 0 aliphatic carbocycles. The molecule has 0 saturated heterocycles. The minimum absolute atomic E-state index is 0.563. The number of hydrogen-bond donors (Lipinski definition) is 1. The van der Waals surface area contributed by atoms with Gasteiger partial charge in [-0.1, -0.05) is 42.3 Å². The first kappa shape index (κ1) is 17.3. The van der Waals surface area contributed by atoms with Crippen LogP contribution in [-0.4, -0.2) is 24.3 Å². The summed E-state index contributed by atoms with van der Waals surface area (Å²) in [6, 6.07) is 12.1. The fourth-order valence-electron chi connectivity index (χ4n) is 2.45. The first-order valence-corrected chi connectivity index (χ1v) is 7.79. The van der Waals surface area contributed by atoms with E-state index in [0.29, 0.717) is 17.9 Å². The Morgan fingerprint density at radius 1 is 1.38 bits per heavy atom. The van der Waals surface area contributed by atoms with E-state index in [4.69, 9.17) is 11.5 Å². The second kappa shape index (κ2) is 8.54. The molecule has 0 radical (unpaired) electrons. The summed E-state index contributed by atoms with van der Waals surface area (Å²) < 4.78 is 0. The van der Waals surface area contributed by atoms with Gasteiger partial charge in [-0.05, 0) is 18.6 Å². The van der Waals surface area contributed by atoms with E-state index in [0.717, 1.165) is 17.8 Å². The van der Waals surface area contributed by atoms with Crippen molar-refractivity contribution in [3.05, 3.63) is 66.4 Å². The molecule has 2 rings (SSSR count). The Kier molecular flexibility index (Phi) is 6.16. The van der Waals surface area contributed by atoms with Gasteiger partial charge in [0, 0.05) is 25.4 Å². The van der Waals surface area contributed by atoms with Gasteiger partial charge in [-0.2, -0.15) is 5.10 Å². The van der Waals surface area contributed by atoms with Crippen molar-refractivity contribution in [2.45, 2.75) is 13.3 Å². The highest BCUT2D eigenvalue weighted by Crippen LogP contribution is 2.25. The van der Waals surface area contributed by atoms with Crippen molar-refractivity contribution in [3.8, 4) is 12.3 Å². The summed E-state index contributed by atoms with van der Waals surface area (Å²) in [6.07, 6.45) is 9.99. The minimum Gasteiger partial charge on any atom is -0.372 e. The molecule has 122 valence electrons. The highest BCUT2D eigenvalue weighted by atomic mass is 15.5. The average Bonchev–Trinajstić information content (AvgIpc) is 2.61. The summed E-state index contributed by atoms with van der Waals surface area (Å²) >= 11 is 0. The van der Waals surface area contributed by atoms with Crippen LogP contribution in [-0.2, 0) is 6.42 Å². The lowest BCUT2D eigenvalue weighted by Crippen LogP contribution is -2.20. The van der Waals surface area contributed by atoms with Crippen LogP contribution in [0.1, 0.15) is 18.1 Å². The first-order valence-electron chi connectivity index (χ1n) is 7.79. The smallest absolute Gasteiger partial charge is 0.143 e. The normalized spacial score (nSPS) is 10.8. The maximum absolute atomic E-state index is 5.68. The second-order valence-corrected chi connectivity index (χ2v) is 5.32. The molecule has 0 spiro atoms. The van der Waals surface area contributed by atoms with Gasteiger partial charge < -0.3 is 5.32 Å². The van der Waals surface area contributed by atoms with Gasteiger partial charge in [0.2, 0.25) is 0 Å². The molecular formula is C20H22N4. The molecule has 1 N–H and O–H groups in total. The van der Waals surface area contributed by atoms with Crippen LogP contribution in [0.25, 0.3) is 0 Å². The minimum atomic E-state index is 0.563. The molecule has 1 heterocycles. The van der Waals surface area contributed by atoms with Gasteiger partial charge in [-0.15, -0.1) is 13.0 Å². The molecule has 4 heteroatoms. The zero-order valence-corrected chi connectivity index (χ0v) is 14.2. The number of hydrogen-bond acceptors (Lipinski definition) is 4. The van der Waals surface area contributed by atoms with Gasteiger partial charge in [0.1, 0.15) is 5.82 Å². The van der Waals surface area contributed by atoms with Gasteiger partial charge in [0.05, 0.1) is 17.8 Å². The zero-order chi connectivity index (χ0) is 17.4. The van der Waals surface area contributed by atoms with E-state index in [1.165, 1.54) is 5.56 Å². The zero-order valence-electron chi connectivity index (χ0n) is 14.2. The van der Waals surface area contributed by atoms with Crippen molar-refractivity contribution < 1.29 is 0 Å². The Balaban J connectivity index is 2.34. The van der Waals surface area contributed by atoms with E-state index in [9.17, 15) is 0 Å². The van der Waals surface area contributed by atoms with Gasteiger partial charge >= 0.3 is 0 Å². The lowest BCUT2D eigenvalue weighted by molar-refractivity contribution is 0.928. The van der Waals surface area contributed by atoms with Crippen molar-refractivity contribution in [1.29, 1.82) is 0 Å². The van der Waals surface area contributed by atoms with E-state index in [-0.39, 0.29) is 0 Å². The summed E-state index contributed by atoms with van der Waals surface area (Å²) in [5.41, 5.74) is 3.75. The highest BCUT2D eigenvalue weighted by Gasteiger charge is 2.13. The molecule has 1 aromatic heterocycles. The fourth-order valence-corrected chi connectivity index (χ4v) is 2.45. The van der Waals surface area contributed by atoms with Crippen molar-refractivity contribution >= 4 is 17.2 Å². The van der Waals surface area contributed by atoms with Gasteiger partial charge in [0.15, 0.2) is 0 Å². The summed E-state index contributed by atoms with van der Waals surface area (Å²) in [6.45, 7) is 6.40. The number of anilines is 2. The Bertz CT molecular complexity index is 757. The number of terminal acetylenes is 1. The van der Waals surface area contributed by atoms with E-state index < -0.39 is 0 Å². The van der Waals surface area contributed by atoms with Crippen molar-refractivity contribution in [2.24, 2.45) is 5.10 Å². The number of pyridine rings is 1. The molecular weight excluding hydrogens is 296 g/mol. The fraction of sp³-hybridized carbons (Fsp3) is 0.200. The monoisotopic (exact) mass is 318 g/mol. The second-order valence-electron chi connectivity index (χ2n) is 5.32. The lowest BCUT2D eigenvalue weighted by Gasteiger charge is -2.21. The number of hydrazone groups is 1. The number of rotatable bonds is 7. The van der Waals surface area contributed by atoms with E-state index in [1.54, 1.807) is 19.3 Å². The van der Waals surface area contributed by atoms with Crippen molar-refractivity contribution in [2.75, 3.05) is 23.9 Å². The Labute approximate surface area is 143 Å². The molecule has 0 fully saturated rings. The van der Waals surface area contributed by atoms with Crippen LogP contribution in [0.3, 0.4) is 0 Å². The molecule has 0 unspecified atom stereocenters. The standard InChI is InChI=1S/C20H22N4/c1-5-14-24(19-12-13-22-20(21-4)18(19)6-2)23-16(3)15-17-10-8-7-9-11-17/h2,5,7-13H,1,14-15H2,3-4H3,(H,21,22)/b23-16-. The lowest BCUT2D eigenvalue weighted by atomic mass is 10.1. The van der Waals surface area contributed by atoms with Gasteiger partial charge in [-0.3, -0.25) is 5.01 Å². The third-order valence-corrected chi connectivity index (χ3v) is 3.48. The number of nitrogens with one attached hydrogen (secondary N) is 1. The van der Waals surface area contributed by atoms with Crippen LogP contribution < -0.4 is 10.3 Å². The van der Waals surface area contributed by atoms with Crippen LogP contribution in [0, 0.1) is 12.3 Å². The Hall–Kier alpha value is -3.06. The molecule has 4 nitrogen and oxygen atoms in total. The number of benzene rings is 1. The Morgan fingerprint density at radius 2 is 2.12 bits per heavy atom. The van der Waals surface area contributed by atoms with Crippen LogP contribution in [0.15, 0.2) is 60.4 Å². The maximum Gasteiger partial charge on any atom is 0.143 e. The van der Waals surface area contributed by atoms with Gasteiger partial charge in [0.25, 0.3) is 0 Å². The molecule has 1 aromatic carbocycles. The summed E-state index contributed by atoms with van der Waals surface area (Å²) in [4.78, 5) is 4.26. The molecule has 0 amide bonds. The average molecular weight is 318 g/mol. The highest BCUT2D eigenvalue weighted by molar-refractivity contribution is 5.85. The van der Waals surface area contributed by atoms with E-state index in [2.05, 4.69) is 34.9 Å². The largest absolute Gasteiger partial charge is 0.372 e. The number of nitrogens with zero attached hydrogens (tertiary/aromatic N) is 3. The Morgan fingerprint density at radius 3 is 2.75 bits per heavy atom. The topological polar surface area (TPSA) is 40.5 Å². The van der Waals surface area contributed by atoms with Crippen molar-refractivity contribution in [1.82, 2.24) is 4.98 Å². The molecule has 0 aliphatic rings. The molecule has 24 heavy (non-hydrogen) atoms. The quantitative estimate of drug-likeness (QED) is 0.366. The van der Waals surface area contributed by atoms with Crippen LogP contribution in [0.4, 0.5) is 11.5 Å². The summed E-state index contributed by atoms with van der Waals surface area (Å²) in [7, 11) is 1.80. The maximum atomic E-state index is 5.68. The number of aromatic nitrogens is 1. The summed E-state index contributed by atoms with van der Waals surface area (Å²) in [5.74, 6) is 3.37. The predicted molar refractivity (Wildman–Crippen MR) is 103 cm³/mol. The van der Waals surface area contributed by atoms with Crippen molar-refractivity contribution in [3.63, 3.8) is 0 Å². The molecule has 0 saturated carbocycles. The third kappa shape index (κ3) is 4.23.